The third-order valence-corrected chi connectivity index (χ3v) is 3.09. The quantitative estimate of drug-likeness (QED) is 0.838. The van der Waals surface area contributed by atoms with Gasteiger partial charge in [0, 0.05) is 13.6 Å². The number of hydrogen-bond acceptors (Lipinski definition) is 3. The maximum absolute atomic E-state index is 12.0. The van der Waals surface area contributed by atoms with Crippen molar-refractivity contribution in [1.29, 1.82) is 0 Å². The maximum atomic E-state index is 12.0. The van der Waals surface area contributed by atoms with Gasteiger partial charge in [-0.1, -0.05) is 12.5 Å². The molecule has 1 aromatic heterocycles. The van der Waals surface area contributed by atoms with E-state index < -0.39 is 0 Å². The van der Waals surface area contributed by atoms with Crippen LogP contribution in [-0.4, -0.2) is 29.4 Å². The Morgan fingerprint density at radius 1 is 1.56 bits per heavy atom. The van der Waals surface area contributed by atoms with Gasteiger partial charge < -0.3 is 10.6 Å². The first-order valence-electron chi connectivity index (χ1n) is 5.65. The van der Waals surface area contributed by atoms with Gasteiger partial charge in [-0.3, -0.25) is 4.79 Å². The van der Waals surface area contributed by atoms with Crippen LogP contribution in [0.3, 0.4) is 0 Å². The van der Waals surface area contributed by atoms with Crippen LogP contribution < -0.4 is 5.73 Å². The lowest BCUT2D eigenvalue weighted by Gasteiger charge is -2.29. The number of pyridine rings is 1. The third kappa shape index (κ3) is 2.32. The van der Waals surface area contributed by atoms with Gasteiger partial charge in [0.15, 0.2) is 0 Å². The van der Waals surface area contributed by atoms with Crippen molar-refractivity contribution in [3.05, 3.63) is 23.9 Å². The van der Waals surface area contributed by atoms with E-state index in [1.807, 2.05) is 7.05 Å². The van der Waals surface area contributed by atoms with E-state index in [2.05, 4.69) is 4.98 Å². The number of carbonyl (C=O) groups is 1. The fourth-order valence-electron chi connectivity index (χ4n) is 1.91. The smallest absolute Gasteiger partial charge is 0.272 e. The van der Waals surface area contributed by atoms with Gasteiger partial charge in [0.1, 0.15) is 11.5 Å². The van der Waals surface area contributed by atoms with Crippen LogP contribution in [-0.2, 0) is 0 Å². The van der Waals surface area contributed by atoms with Crippen molar-refractivity contribution in [3.8, 4) is 0 Å². The zero-order valence-electron chi connectivity index (χ0n) is 9.52. The predicted octanol–water partition coefficient (Wildman–Crippen LogP) is 1.54. The number of amides is 1. The number of hydrogen-bond donors (Lipinski definition) is 1. The minimum absolute atomic E-state index is 0.0424. The van der Waals surface area contributed by atoms with Crippen LogP contribution >= 0.6 is 0 Å². The zero-order chi connectivity index (χ0) is 11.5. The topological polar surface area (TPSA) is 59.2 Å². The van der Waals surface area contributed by atoms with Gasteiger partial charge in [0.25, 0.3) is 5.91 Å². The predicted molar refractivity (Wildman–Crippen MR) is 63.0 cm³/mol. The molecule has 0 aromatic carbocycles. The minimum Gasteiger partial charge on any atom is -0.384 e. The summed E-state index contributed by atoms with van der Waals surface area (Å²) in [5, 5.41) is 0. The molecule has 1 saturated carbocycles. The number of nitrogens with zero attached hydrogens (tertiary/aromatic N) is 2. The number of nitrogens with two attached hydrogens (primary N) is 1. The zero-order valence-corrected chi connectivity index (χ0v) is 9.52. The Morgan fingerprint density at radius 2 is 2.31 bits per heavy atom. The second-order valence-corrected chi connectivity index (χ2v) is 4.43. The average molecular weight is 219 g/mol. The Hall–Kier alpha value is -1.58. The molecule has 1 amide bonds. The molecule has 0 aliphatic heterocycles. The summed E-state index contributed by atoms with van der Waals surface area (Å²) in [7, 11) is 1.82. The lowest BCUT2D eigenvalue weighted by atomic mass is 9.85. The Labute approximate surface area is 95.5 Å². The van der Waals surface area contributed by atoms with Crippen LogP contribution in [0.25, 0.3) is 0 Å². The Morgan fingerprint density at radius 3 is 2.88 bits per heavy atom. The minimum atomic E-state index is -0.0424. The number of nitrogen functional groups attached to an aromatic ring is 1. The molecular formula is C12H17N3O. The fourth-order valence-corrected chi connectivity index (χ4v) is 1.91. The number of aromatic nitrogens is 1. The van der Waals surface area contributed by atoms with Crippen LogP contribution in [0, 0.1) is 5.92 Å². The number of anilines is 1. The van der Waals surface area contributed by atoms with Crippen molar-refractivity contribution in [2.75, 3.05) is 19.3 Å². The van der Waals surface area contributed by atoms with Crippen LogP contribution in [0.2, 0.25) is 0 Å². The lowest BCUT2D eigenvalue weighted by molar-refractivity contribution is 0.0739. The molecule has 0 bridgehead atoms. The Balaban J connectivity index is 2.00. The highest BCUT2D eigenvalue weighted by Gasteiger charge is 2.22. The van der Waals surface area contributed by atoms with E-state index in [4.69, 9.17) is 5.73 Å². The van der Waals surface area contributed by atoms with Gasteiger partial charge in [-0.2, -0.15) is 0 Å². The van der Waals surface area contributed by atoms with E-state index in [1.54, 1.807) is 23.1 Å². The van der Waals surface area contributed by atoms with Gasteiger partial charge in [0.05, 0.1) is 0 Å². The largest absolute Gasteiger partial charge is 0.384 e. The summed E-state index contributed by atoms with van der Waals surface area (Å²) in [6.07, 6.45) is 3.77. The molecule has 16 heavy (non-hydrogen) atoms. The second-order valence-electron chi connectivity index (χ2n) is 4.43. The molecule has 1 aliphatic carbocycles. The molecule has 1 heterocycles. The first-order valence-corrected chi connectivity index (χ1v) is 5.65. The van der Waals surface area contributed by atoms with E-state index >= 15 is 0 Å². The third-order valence-electron chi connectivity index (χ3n) is 3.09. The van der Waals surface area contributed by atoms with Crippen molar-refractivity contribution < 1.29 is 4.79 Å². The molecule has 0 atom stereocenters. The first-order chi connectivity index (χ1) is 7.66. The van der Waals surface area contributed by atoms with E-state index in [0.717, 1.165) is 6.54 Å². The summed E-state index contributed by atoms with van der Waals surface area (Å²) in [5.74, 6) is 1.03. The summed E-state index contributed by atoms with van der Waals surface area (Å²) in [6.45, 7) is 0.829. The lowest BCUT2D eigenvalue weighted by Crippen LogP contribution is -2.34. The van der Waals surface area contributed by atoms with Crippen molar-refractivity contribution in [3.63, 3.8) is 0 Å². The summed E-state index contributed by atoms with van der Waals surface area (Å²) >= 11 is 0. The van der Waals surface area contributed by atoms with Crippen molar-refractivity contribution >= 4 is 11.7 Å². The fraction of sp³-hybridized carbons (Fsp3) is 0.500. The van der Waals surface area contributed by atoms with E-state index in [9.17, 15) is 4.79 Å². The van der Waals surface area contributed by atoms with Gasteiger partial charge in [-0.25, -0.2) is 4.98 Å². The maximum Gasteiger partial charge on any atom is 0.272 e. The number of rotatable bonds is 3. The highest BCUT2D eigenvalue weighted by atomic mass is 16.2. The van der Waals surface area contributed by atoms with Crippen molar-refractivity contribution in [2.45, 2.75) is 19.3 Å². The van der Waals surface area contributed by atoms with Gasteiger partial charge in [-0.15, -0.1) is 0 Å². The molecule has 0 radical (unpaired) electrons. The average Bonchev–Trinajstić information content (AvgIpc) is 2.22. The molecule has 2 rings (SSSR count). The first kappa shape index (κ1) is 10.9. The molecule has 1 fully saturated rings. The monoisotopic (exact) mass is 219 g/mol. The molecule has 1 aromatic rings. The molecule has 0 spiro atoms. The van der Waals surface area contributed by atoms with Crippen LogP contribution in [0.1, 0.15) is 29.8 Å². The van der Waals surface area contributed by atoms with Crippen LogP contribution in [0.5, 0.6) is 0 Å². The molecule has 4 nitrogen and oxygen atoms in total. The molecule has 4 heteroatoms. The summed E-state index contributed by atoms with van der Waals surface area (Å²) in [4.78, 5) is 17.8. The Kier molecular flexibility index (Phi) is 3.08. The molecule has 0 unspecified atom stereocenters. The molecular weight excluding hydrogens is 202 g/mol. The van der Waals surface area contributed by atoms with Crippen molar-refractivity contribution in [1.82, 2.24) is 9.88 Å². The highest BCUT2D eigenvalue weighted by Crippen LogP contribution is 2.26. The summed E-state index contributed by atoms with van der Waals surface area (Å²) in [6, 6.07) is 5.14. The Bertz CT molecular complexity index is 388. The van der Waals surface area contributed by atoms with E-state index in [-0.39, 0.29) is 5.91 Å². The summed E-state index contributed by atoms with van der Waals surface area (Å²) in [5.41, 5.74) is 5.99. The van der Waals surface area contributed by atoms with E-state index in [1.165, 1.54) is 19.3 Å². The number of carbonyl (C=O) groups excluding carboxylic acids is 1. The van der Waals surface area contributed by atoms with Gasteiger partial charge in [-0.05, 0) is 30.9 Å². The van der Waals surface area contributed by atoms with Crippen molar-refractivity contribution in [2.24, 2.45) is 5.92 Å². The normalized spacial score (nSPS) is 15.6. The molecule has 2 N–H and O–H groups in total. The van der Waals surface area contributed by atoms with Gasteiger partial charge >= 0.3 is 0 Å². The highest BCUT2D eigenvalue weighted by molar-refractivity contribution is 5.92. The molecule has 86 valence electrons. The second kappa shape index (κ2) is 4.51. The summed E-state index contributed by atoms with van der Waals surface area (Å²) < 4.78 is 0. The molecule has 1 aliphatic rings. The molecule has 0 saturated heterocycles. The standard InChI is InChI=1S/C12H17N3O/c1-15(8-9-4-2-5-9)12(16)10-6-3-7-11(13)14-10/h3,6-7,9H,2,4-5,8H2,1H3,(H2,13,14). The van der Waals surface area contributed by atoms with E-state index in [0.29, 0.717) is 17.4 Å². The van der Waals surface area contributed by atoms with Crippen LogP contribution in [0.4, 0.5) is 5.82 Å². The van der Waals surface area contributed by atoms with Gasteiger partial charge in [0.2, 0.25) is 0 Å². The SMILES string of the molecule is CN(CC1CCC1)C(=O)c1cccc(N)n1. The van der Waals surface area contributed by atoms with Crippen LogP contribution in [0.15, 0.2) is 18.2 Å².